The van der Waals surface area contributed by atoms with Gasteiger partial charge in [0.2, 0.25) is 0 Å². The van der Waals surface area contributed by atoms with Gasteiger partial charge in [-0.15, -0.1) is 0 Å². The normalized spacial score (nSPS) is 10.2. The molecule has 0 saturated heterocycles. The van der Waals surface area contributed by atoms with Gasteiger partial charge in [0.05, 0.1) is 5.69 Å². The van der Waals surface area contributed by atoms with Crippen LogP contribution in [0.15, 0.2) is 36.4 Å². The molecule has 2 aromatic rings. The van der Waals surface area contributed by atoms with E-state index in [1.165, 1.54) is 12.1 Å². The van der Waals surface area contributed by atoms with E-state index in [9.17, 15) is 14.0 Å². The Labute approximate surface area is 121 Å². The number of carbonyl (C=O) groups excluding carboxylic acids is 1. The van der Waals surface area contributed by atoms with Crippen molar-refractivity contribution in [3.8, 4) is 0 Å². The zero-order valence-electron chi connectivity index (χ0n) is 11.6. The maximum Gasteiger partial charge on any atom is 0.340 e. The first-order chi connectivity index (χ1) is 9.90. The van der Waals surface area contributed by atoms with Crippen LogP contribution in [-0.2, 0) is 0 Å². The van der Waals surface area contributed by atoms with E-state index in [4.69, 9.17) is 5.11 Å². The van der Waals surface area contributed by atoms with Crippen LogP contribution in [0, 0.1) is 19.7 Å². The highest BCUT2D eigenvalue weighted by molar-refractivity contribution is 6.08. The van der Waals surface area contributed by atoms with E-state index in [1.807, 2.05) is 13.0 Å². The number of hydrogen-bond acceptors (Lipinski definition) is 2. The molecule has 1 amide bonds. The minimum Gasteiger partial charge on any atom is -0.478 e. The Kier molecular flexibility index (Phi) is 4.03. The van der Waals surface area contributed by atoms with Crippen LogP contribution in [0.5, 0.6) is 0 Å². The van der Waals surface area contributed by atoms with Crippen molar-refractivity contribution in [3.63, 3.8) is 0 Å². The van der Waals surface area contributed by atoms with Gasteiger partial charge in [-0.05, 0) is 37.6 Å². The number of nitrogens with one attached hydrogen (secondary N) is 1. The third-order valence-electron chi connectivity index (χ3n) is 3.10. The van der Waals surface area contributed by atoms with Crippen LogP contribution in [-0.4, -0.2) is 17.0 Å². The molecule has 0 radical (unpaired) electrons. The zero-order valence-corrected chi connectivity index (χ0v) is 11.6. The van der Waals surface area contributed by atoms with E-state index in [0.717, 1.165) is 17.2 Å². The van der Waals surface area contributed by atoms with Gasteiger partial charge in [0, 0.05) is 5.56 Å². The molecule has 2 N–H and O–H groups in total. The van der Waals surface area contributed by atoms with E-state index in [0.29, 0.717) is 5.56 Å². The second-order valence-electron chi connectivity index (χ2n) is 4.74. The Morgan fingerprint density at radius 2 is 1.86 bits per heavy atom. The lowest BCUT2D eigenvalue weighted by Gasteiger charge is -2.11. The molecule has 0 heterocycles. The molecule has 5 heteroatoms. The molecule has 0 aliphatic carbocycles. The van der Waals surface area contributed by atoms with Gasteiger partial charge < -0.3 is 10.4 Å². The molecular weight excluding hydrogens is 273 g/mol. The van der Waals surface area contributed by atoms with Crippen LogP contribution in [0.4, 0.5) is 10.1 Å². The van der Waals surface area contributed by atoms with Crippen LogP contribution in [0.1, 0.15) is 31.8 Å². The van der Waals surface area contributed by atoms with Crippen LogP contribution >= 0.6 is 0 Å². The van der Waals surface area contributed by atoms with E-state index < -0.39 is 23.3 Å². The number of rotatable bonds is 3. The number of benzene rings is 2. The minimum atomic E-state index is -1.43. The predicted molar refractivity (Wildman–Crippen MR) is 77.2 cm³/mol. The number of anilines is 1. The lowest BCUT2D eigenvalue weighted by Crippen LogP contribution is -2.16. The molecule has 108 valence electrons. The summed E-state index contributed by atoms with van der Waals surface area (Å²) in [4.78, 5) is 23.3. The average Bonchev–Trinajstić information content (AvgIpc) is 2.37. The van der Waals surface area contributed by atoms with Crippen molar-refractivity contribution in [1.29, 1.82) is 0 Å². The van der Waals surface area contributed by atoms with Gasteiger partial charge in [-0.25, -0.2) is 9.18 Å². The molecule has 0 aliphatic heterocycles. The van der Waals surface area contributed by atoms with Gasteiger partial charge >= 0.3 is 5.97 Å². The van der Waals surface area contributed by atoms with Crippen molar-refractivity contribution in [1.82, 2.24) is 0 Å². The number of halogens is 1. The molecule has 4 nitrogen and oxygen atoms in total. The van der Waals surface area contributed by atoms with Gasteiger partial charge in [-0.2, -0.15) is 0 Å². The van der Waals surface area contributed by atoms with Crippen LogP contribution in [0.2, 0.25) is 0 Å². The summed E-state index contributed by atoms with van der Waals surface area (Å²) in [6, 6.07) is 9.02. The van der Waals surface area contributed by atoms with Crippen molar-refractivity contribution in [2.75, 3.05) is 5.32 Å². The third-order valence-corrected chi connectivity index (χ3v) is 3.10. The third kappa shape index (κ3) is 3.08. The largest absolute Gasteiger partial charge is 0.478 e. The monoisotopic (exact) mass is 287 g/mol. The van der Waals surface area contributed by atoms with Crippen LogP contribution < -0.4 is 5.32 Å². The summed E-state index contributed by atoms with van der Waals surface area (Å²) in [5.74, 6) is -2.79. The smallest absolute Gasteiger partial charge is 0.340 e. The highest BCUT2D eigenvalue weighted by atomic mass is 19.1. The van der Waals surface area contributed by atoms with Gasteiger partial charge in [0.25, 0.3) is 5.91 Å². The van der Waals surface area contributed by atoms with Crippen LogP contribution in [0.25, 0.3) is 0 Å². The predicted octanol–water partition coefficient (Wildman–Crippen LogP) is 3.39. The Bertz CT molecular complexity index is 725. The Morgan fingerprint density at radius 3 is 2.48 bits per heavy atom. The topological polar surface area (TPSA) is 66.4 Å². The Hall–Kier alpha value is -2.69. The summed E-state index contributed by atoms with van der Waals surface area (Å²) in [5.41, 5.74) is 1.59. The number of carboxylic acid groups (broad SMARTS) is 1. The van der Waals surface area contributed by atoms with Gasteiger partial charge in [-0.3, -0.25) is 4.79 Å². The highest BCUT2D eigenvalue weighted by Crippen LogP contribution is 2.20. The van der Waals surface area contributed by atoms with E-state index in [-0.39, 0.29) is 5.69 Å². The molecule has 0 saturated carbocycles. The Balaban J connectivity index is 2.36. The maximum atomic E-state index is 13.6. The van der Waals surface area contributed by atoms with Crippen LogP contribution in [0.3, 0.4) is 0 Å². The fraction of sp³-hybridized carbons (Fsp3) is 0.125. The molecule has 0 unspecified atom stereocenters. The lowest BCUT2D eigenvalue weighted by atomic mass is 10.0. The number of aromatic carboxylic acids is 1. The molecule has 0 spiro atoms. The van der Waals surface area contributed by atoms with Crippen molar-refractivity contribution >= 4 is 17.6 Å². The molecule has 0 atom stereocenters. The number of hydrogen-bond donors (Lipinski definition) is 2. The molecular formula is C16H14FNO3. The zero-order chi connectivity index (χ0) is 15.6. The number of aryl methyl sites for hydroxylation is 2. The molecule has 0 aliphatic rings. The molecule has 21 heavy (non-hydrogen) atoms. The summed E-state index contributed by atoms with van der Waals surface area (Å²) < 4.78 is 13.6. The van der Waals surface area contributed by atoms with Crippen molar-refractivity contribution in [2.45, 2.75) is 13.8 Å². The fourth-order valence-electron chi connectivity index (χ4n) is 2.10. The first-order valence-electron chi connectivity index (χ1n) is 6.30. The van der Waals surface area contributed by atoms with Gasteiger partial charge in [0.1, 0.15) is 11.4 Å². The first-order valence-corrected chi connectivity index (χ1v) is 6.30. The van der Waals surface area contributed by atoms with Crippen molar-refractivity contribution < 1.29 is 19.1 Å². The molecule has 0 bridgehead atoms. The summed E-state index contributed by atoms with van der Waals surface area (Å²) >= 11 is 0. The van der Waals surface area contributed by atoms with E-state index in [2.05, 4.69) is 5.32 Å². The number of carbonyl (C=O) groups is 2. The lowest BCUT2D eigenvalue weighted by molar-refractivity contribution is 0.0693. The molecule has 0 aromatic heterocycles. The average molecular weight is 287 g/mol. The van der Waals surface area contributed by atoms with E-state index in [1.54, 1.807) is 19.1 Å². The summed E-state index contributed by atoms with van der Waals surface area (Å²) in [5, 5.41) is 11.5. The summed E-state index contributed by atoms with van der Waals surface area (Å²) in [6.07, 6.45) is 0. The second kappa shape index (κ2) is 5.75. The van der Waals surface area contributed by atoms with Gasteiger partial charge in [0.15, 0.2) is 0 Å². The standard InChI is InChI=1S/C16H14FNO3/c1-9-6-7-11(10(2)8-9)15(19)18-13-5-3-4-12(17)14(13)16(20)21/h3-8H,1-2H3,(H,18,19)(H,20,21). The molecule has 2 rings (SSSR count). The summed E-state index contributed by atoms with van der Waals surface area (Å²) in [7, 11) is 0. The molecule has 2 aromatic carbocycles. The Morgan fingerprint density at radius 1 is 1.14 bits per heavy atom. The summed E-state index contributed by atoms with van der Waals surface area (Å²) in [6.45, 7) is 3.69. The fourth-order valence-corrected chi connectivity index (χ4v) is 2.10. The quantitative estimate of drug-likeness (QED) is 0.909. The van der Waals surface area contributed by atoms with Crippen molar-refractivity contribution in [2.24, 2.45) is 0 Å². The second-order valence-corrected chi connectivity index (χ2v) is 4.74. The first kappa shape index (κ1) is 14.7. The maximum absolute atomic E-state index is 13.6. The SMILES string of the molecule is Cc1ccc(C(=O)Nc2cccc(F)c2C(=O)O)c(C)c1. The van der Waals surface area contributed by atoms with E-state index >= 15 is 0 Å². The van der Waals surface area contributed by atoms with Crippen molar-refractivity contribution in [3.05, 3.63) is 64.5 Å². The minimum absolute atomic E-state index is 0.0625. The highest BCUT2D eigenvalue weighted by Gasteiger charge is 2.18. The number of carboxylic acids is 1. The molecule has 0 fully saturated rings. The van der Waals surface area contributed by atoms with Gasteiger partial charge in [-0.1, -0.05) is 23.8 Å². The number of amides is 1.